The van der Waals surface area contributed by atoms with E-state index in [4.69, 9.17) is 0 Å². The Hall–Kier alpha value is -2.11. The van der Waals surface area contributed by atoms with E-state index in [0.717, 1.165) is 0 Å². The molecule has 0 spiro atoms. The third kappa shape index (κ3) is 11.2. The molecule has 0 N–H and O–H groups in total. The molecule has 0 aliphatic rings. The van der Waals surface area contributed by atoms with E-state index in [-0.39, 0.29) is 0 Å². The number of rotatable bonds is 21. The molecule has 0 unspecified atom stereocenters. The van der Waals surface area contributed by atoms with E-state index in [2.05, 4.69) is 112 Å². The molecule has 0 heterocycles. The third-order valence-electron chi connectivity index (χ3n) is 9.11. The van der Waals surface area contributed by atoms with Gasteiger partial charge in [0.25, 0.3) is 0 Å². The van der Waals surface area contributed by atoms with Crippen LogP contribution in [0.25, 0.3) is 0 Å². The number of hydrogen-bond donors (Lipinski definition) is 0. The minimum atomic E-state index is -1.09. The second-order valence-electron chi connectivity index (χ2n) is 12.8. The number of anilines is 3. The molecule has 0 saturated heterocycles. The maximum absolute atomic E-state index is 2.56. The molecule has 0 amide bonds. The fourth-order valence-electron chi connectivity index (χ4n) is 6.42. The molecular formula is C40H61NP+. The number of benzene rings is 3. The summed E-state index contributed by atoms with van der Waals surface area (Å²) in [4.78, 5) is 2.45. The smallest absolute Gasteiger partial charge is 0.0846 e. The first-order valence-electron chi connectivity index (χ1n) is 17.4. The number of aryl methyl sites for hydroxylation is 2. The van der Waals surface area contributed by atoms with Crippen LogP contribution in [0.2, 0.25) is 0 Å². The number of para-hydroxylation sites is 1. The van der Waals surface area contributed by atoms with Crippen LogP contribution in [0.4, 0.5) is 17.1 Å². The summed E-state index contributed by atoms with van der Waals surface area (Å²) in [5.74, 6) is 0. The van der Waals surface area contributed by atoms with Gasteiger partial charge in [-0.05, 0) is 99.9 Å². The summed E-state index contributed by atoms with van der Waals surface area (Å²) >= 11 is 0. The average molecular weight is 587 g/mol. The lowest BCUT2D eigenvalue weighted by Crippen LogP contribution is -2.14. The highest BCUT2D eigenvalue weighted by atomic mass is 31.2. The Bertz CT molecular complexity index is 1110. The predicted octanol–water partition coefficient (Wildman–Crippen LogP) is 13.4. The van der Waals surface area contributed by atoms with E-state index < -0.39 is 7.26 Å². The van der Waals surface area contributed by atoms with E-state index in [0.29, 0.717) is 0 Å². The second kappa shape index (κ2) is 19.2. The molecule has 3 rings (SSSR count). The molecule has 0 radical (unpaired) electrons. The normalized spacial score (nSPS) is 11.6. The molecular weight excluding hydrogens is 525 g/mol. The third-order valence-corrected chi connectivity index (χ3v) is 13.9. The lowest BCUT2D eigenvalue weighted by molar-refractivity contribution is 0.653. The maximum Gasteiger partial charge on any atom is 0.0846 e. The SMILES string of the molecule is CCCCCCC[P+](CCCCCC)(CCCCCC)Cc1cc(N(c2ccccc2)c2ccc(C)cc2)ccc1C. The highest BCUT2D eigenvalue weighted by Crippen LogP contribution is 2.64. The van der Waals surface area contributed by atoms with Gasteiger partial charge in [0.05, 0.1) is 24.6 Å². The molecule has 0 atom stereocenters. The first-order chi connectivity index (χ1) is 20.5. The zero-order valence-corrected chi connectivity index (χ0v) is 28.7. The molecule has 0 aliphatic heterocycles. The number of nitrogens with zero attached hydrogens (tertiary/aromatic N) is 1. The topological polar surface area (TPSA) is 3.24 Å². The van der Waals surface area contributed by atoms with Crippen molar-refractivity contribution >= 4 is 24.3 Å². The van der Waals surface area contributed by atoms with Crippen LogP contribution in [0.3, 0.4) is 0 Å². The Morgan fingerprint density at radius 1 is 0.500 bits per heavy atom. The number of unbranched alkanes of at least 4 members (excludes halogenated alkanes) is 10. The van der Waals surface area contributed by atoms with Crippen LogP contribution in [-0.2, 0) is 6.16 Å². The molecule has 0 fully saturated rings. The average Bonchev–Trinajstić information content (AvgIpc) is 3.01. The highest BCUT2D eigenvalue weighted by molar-refractivity contribution is 7.75. The van der Waals surface area contributed by atoms with Crippen LogP contribution in [0, 0.1) is 13.8 Å². The van der Waals surface area contributed by atoms with Crippen molar-refractivity contribution in [3.63, 3.8) is 0 Å². The van der Waals surface area contributed by atoms with Crippen molar-refractivity contribution in [3.8, 4) is 0 Å². The molecule has 0 bridgehead atoms. The van der Waals surface area contributed by atoms with Crippen molar-refractivity contribution in [3.05, 3.63) is 89.5 Å². The monoisotopic (exact) mass is 586 g/mol. The van der Waals surface area contributed by atoms with Gasteiger partial charge < -0.3 is 4.90 Å². The summed E-state index contributed by atoms with van der Waals surface area (Å²) in [6, 6.07) is 27.3. The van der Waals surface area contributed by atoms with E-state index >= 15 is 0 Å². The fourth-order valence-corrected chi connectivity index (χ4v) is 11.3. The van der Waals surface area contributed by atoms with Gasteiger partial charge in [0.2, 0.25) is 0 Å². The Labute approximate surface area is 260 Å². The summed E-state index contributed by atoms with van der Waals surface area (Å²) in [7, 11) is -1.09. The van der Waals surface area contributed by atoms with Gasteiger partial charge in [0.1, 0.15) is 0 Å². The van der Waals surface area contributed by atoms with E-state index in [1.807, 2.05) is 0 Å². The second-order valence-corrected chi connectivity index (χ2v) is 17.2. The van der Waals surface area contributed by atoms with Crippen molar-refractivity contribution in [2.75, 3.05) is 23.4 Å². The van der Waals surface area contributed by atoms with Crippen LogP contribution in [-0.4, -0.2) is 18.5 Å². The zero-order valence-electron chi connectivity index (χ0n) is 27.8. The minimum absolute atomic E-state index is 1.09. The Morgan fingerprint density at radius 2 is 0.976 bits per heavy atom. The van der Waals surface area contributed by atoms with Gasteiger partial charge >= 0.3 is 0 Å². The highest BCUT2D eigenvalue weighted by Gasteiger charge is 2.36. The molecule has 230 valence electrons. The Kier molecular flexibility index (Phi) is 15.7. The van der Waals surface area contributed by atoms with Gasteiger partial charge in [-0.1, -0.05) is 108 Å². The first kappa shape index (κ1) is 34.4. The van der Waals surface area contributed by atoms with Gasteiger partial charge in [-0.15, -0.1) is 0 Å². The van der Waals surface area contributed by atoms with E-state index in [9.17, 15) is 0 Å². The Balaban J connectivity index is 1.97. The quantitative estimate of drug-likeness (QED) is 0.0886. The predicted molar refractivity (Wildman–Crippen MR) is 193 cm³/mol. The molecule has 3 aromatic rings. The van der Waals surface area contributed by atoms with Gasteiger partial charge in [-0.25, -0.2) is 0 Å². The lowest BCUT2D eigenvalue weighted by atomic mass is 10.1. The van der Waals surface area contributed by atoms with Crippen LogP contribution in [0.1, 0.15) is 121 Å². The molecule has 2 heteroatoms. The fraction of sp³-hybridized carbons (Fsp3) is 0.550. The standard InChI is InChI=1S/C40H61NP/c1-6-9-12-15-21-32-42(30-19-13-10-7-2,31-20-14-11-8-3)34-37-33-40(29-26-36(37)5)41(38-22-17-16-18-23-38)39-27-24-35(4)25-28-39/h16-18,22-29,33H,6-15,19-21,30-32,34H2,1-5H3/q+1. The van der Waals surface area contributed by atoms with Crippen molar-refractivity contribution < 1.29 is 0 Å². The summed E-state index contributed by atoms with van der Waals surface area (Å²) in [6.45, 7) is 11.6. The van der Waals surface area contributed by atoms with Gasteiger partial charge in [-0.3, -0.25) is 0 Å². The largest absolute Gasteiger partial charge is 0.310 e. The molecule has 0 saturated carbocycles. The zero-order chi connectivity index (χ0) is 30.0. The number of hydrogen-bond acceptors (Lipinski definition) is 1. The van der Waals surface area contributed by atoms with E-state index in [1.165, 1.54) is 136 Å². The van der Waals surface area contributed by atoms with Crippen molar-refractivity contribution in [1.29, 1.82) is 0 Å². The van der Waals surface area contributed by atoms with Crippen LogP contribution in [0.5, 0.6) is 0 Å². The molecule has 0 aliphatic carbocycles. The molecule has 3 aromatic carbocycles. The van der Waals surface area contributed by atoms with Crippen LogP contribution >= 0.6 is 7.26 Å². The van der Waals surface area contributed by atoms with Gasteiger partial charge in [0, 0.05) is 24.3 Å². The molecule has 42 heavy (non-hydrogen) atoms. The van der Waals surface area contributed by atoms with Gasteiger partial charge in [0.15, 0.2) is 0 Å². The van der Waals surface area contributed by atoms with Crippen molar-refractivity contribution in [1.82, 2.24) is 0 Å². The molecule has 1 nitrogen and oxygen atoms in total. The van der Waals surface area contributed by atoms with Crippen LogP contribution < -0.4 is 4.90 Å². The van der Waals surface area contributed by atoms with Crippen molar-refractivity contribution in [2.24, 2.45) is 0 Å². The summed E-state index contributed by atoms with van der Waals surface area (Å²) in [5.41, 5.74) is 8.14. The van der Waals surface area contributed by atoms with Gasteiger partial charge in [-0.2, -0.15) is 0 Å². The first-order valence-corrected chi connectivity index (χ1v) is 19.9. The summed E-state index contributed by atoms with van der Waals surface area (Å²) < 4.78 is 0. The minimum Gasteiger partial charge on any atom is -0.310 e. The lowest BCUT2D eigenvalue weighted by Gasteiger charge is -2.30. The Morgan fingerprint density at radius 3 is 1.52 bits per heavy atom. The van der Waals surface area contributed by atoms with Crippen molar-refractivity contribution in [2.45, 2.75) is 124 Å². The molecule has 0 aromatic heterocycles. The summed E-state index contributed by atoms with van der Waals surface area (Å²) in [5, 5.41) is 0. The van der Waals surface area contributed by atoms with Crippen LogP contribution in [0.15, 0.2) is 72.8 Å². The summed E-state index contributed by atoms with van der Waals surface area (Å²) in [6.07, 6.45) is 24.0. The van der Waals surface area contributed by atoms with E-state index in [1.54, 1.807) is 5.56 Å². The maximum atomic E-state index is 2.56.